The van der Waals surface area contributed by atoms with Crippen molar-refractivity contribution < 1.29 is 29.0 Å². The minimum atomic E-state index is -1.18. The van der Waals surface area contributed by atoms with E-state index in [1.807, 2.05) is 23.6 Å². The van der Waals surface area contributed by atoms with Crippen molar-refractivity contribution >= 4 is 40.7 Å². The van der Waals surface area contributed by atoms with Gasteiger partial charge in [0.1, 0.15) is 19.3 Å². The number of carbonyl (C=O) groups is 4. The number of carboxylic acids is 1. The van der Waals surface area contributed by atoms with Gasteiger partial charge in [0.05, 0.1) is 17.3 Å². The maximum absolute atomic E-state index is 13.2. The fourth-order valence-corrected chi connectivity index (χ4v) is 4.49. The molecule has 2 atom stereocenters. The monoisotopic (exact) mass is 429 g/mol. The average molecular weight is 429 g/mol. The van der Waals surface area contributed by atoms with Gasteiger partial charge < -0.3 is 25.4 Å². The first-order chi connectivity index (χ1) is 14.4. The van der Waals surface area contributed by atoms with Gasteiger partial charge in [0.15, 0.2) is 0 Å². The van der Waals surface area contributed by atoms with Crippen LogP contribution in [0.5, 0.6) is 0 Å². The number of thiophene rings is 1. The molecule has 0 saturated carbocycles. The normalized spacial score (nSPS) is 20.2. The highest BCUT2D eigenvalue weighted by Crippen LogP contribution is 2.33. The van der Waals surface area contributed by atoms with Gasteiger partial charge in [-0.15, -0.1) is 11.3 Å². The molecule has 10 heteroatoms. The Morgan fingerprint density at radius 2 is 2.10 bits per heavy atom. The number of rotatable bonds is 6. The van der Waals surface area contributed by atoms with Gasteiger partial charge in [0.2, 0.25) is 11.8 Å². The van der Waals surface area contributed by atoms with Crippen LogP contribution in [0.25, 0.3) is 10.4 Å². The Bertz CT molecular complexity index is 1010. The third-order valence-electron chi connectivity index (χ3n) is 5.05. The number of carboxylic acid groups (broad SMARTS) is 1. The number of hydrogen-bond acceptors (Lipinski definition) is 6. The number of ether oxygens (including phenoxy) is 1. The zero-order chi connectivity index (χ0) is 21.3. The molecule has 9 nitrogen and oxygen atoms in total. The van der Waals surface area contributed by atoms with Crippen LogP contribution in [0, 0.1) is 0 Å². The van der Waals surface area contributed by atoms with Crippen LogP contribution < -0.4 is 10.6 Å². The van der Waals surface area contributed by atoms with Crippen LogP contribution in [-0.2, 0) is 19.1 Å². The zero-order valence-corrected chi connectivity index (χ0v) is 16.6. The van der Waals surface area contributed by atoms with Crippen LogP contribution in [0.2, 0.25) is 0 Å². The van der Waals surface area contributed by atoms with E-state index in [1.54, 1.807) is 23.5 Å². The lowest BCUT2D eigenvalue weighted by Crippen LogP contribution is -2.52. The second-order valence-electron chi connectivity index (χ2n) is 7.02. The van der Waals surface area contributed by atoms with Gasteiger partial charge in [-0.3, -0.25) is 14.4 Å². The lowest BCUT2D eigenvalue weighted by molar-refractivity contribution is -0.143. The quantitative estimate of drug-likeness (QED) is 0.633. The lowest BCUT2D eigenvalue weighted by Gasteiger charge is -2.24. The summed E-state index contributed by atoms with van der Waals surface area (Å²) in [6.07, 6.45) is 0.411. The van der Waals surface area contributed by atoms with Gasteiger partial charge in [-0.25, -0.2) is 4.79 Å². The van der Waals surface area contributed by atoms with Crippen LogP contribution in [0.1, 0.15) is 16.8 Å². The predicted molar refractivity (Wildman–Crippen MR) is 108 cm³/mol. The molecule has 1 fully saturated rings. The van der Waals surface area contributed by atoms with E-state index in [9.17, 15) is 19.2 Å². The molecular formula is C20H19N3O6S. The summed E-state index contributed by atoms with van der Waals surface area (Å²) in [5.74, 6) is -2.36. The Morgan fingerprint density at radius 3 is 2.83 bits per heavy atom. The summed E-state index contributed by atoms with van der Waals surface area (Å²) < 4.78 is 4.78. The van der Waals surface area contributed by atoms with E-state index in [1.165, 1.54) is 4.90 Å². The van der Waals surface area contributed by atoms with E-state index < -0.39 is 37.2 Å². The average Bonchev–Trinajstić information content (AvgIpc) is 3.35. The highest BCUT2D eigenvalue weighted by atomic mass is 32.1. The maximum atomic E-state index is 13.2. The fraction of sp³-hybridized carbons (Fsp3) is 0.300. The number of carbonyl (C=O) groups excluding carboxylic acids is 3. The number of amides is 3. The maximum Gasteiger partial charge on any atom is 0.329 e. The van der Waals surface area contributed by atoms with Crippen LogP contribution >= 0.6 is 11.3 Å². The summed E-state index contributed by atoms with van der Waals surface area (Å²) >= 11 is 1.56. The minimum Gasteiger partial charge on any atom is -0.480 e. The summed E-state index contributed by atoms with van der Waals surface area (Å²) in [5.41, 5.74) is 1.74. The van der Waals surface area contributed by atoms with E-state index in [2.05, 4.69) is 10.6 Å². The van der Waals surface area contributed by atoms with Crippen molar-refractivity contribution in [2.45, 2.75) is 18.5 Å². The number of fused-ring (bicyclic) bond motifs is 2. The van der Waals surface area contributed by atoms with Crippen molar-refractivity contribution in [1.82, 2.24) is 10.2 Å². The number of nitrogens with one attached hydrogen (secondary N) is 2. The third kappa shape index (κ3) is 3.91. The predicted octanol–water partition coefficient (Wildman–Crippen LogP) is 1.17. The first-order valence-corrected chi connectivity index (χ1v) is 10.2. The number of anilines is 1. The second-order valence-corrected chi connectivity index (χ2v) is 7.97. The molecule has 3 amide bonds. The summed E-state index contributed by atoms with van der Waals surface area (Å²) in [4.78, 5) is 51.1. The molecule has 0 spiro atoms. The minimum absolute atomic E-state index is 0.273. The molecule has 2 unspecified atom stereocenters. The Morgan fingerprint density at radius 1 is 1.27 bits per heavy atom. The molecule has 1 saturated heterocycles. The van der Waals surface area contributed by atoms with Crippen LogP contribution in [0.4, 0.5) is 5.69 Å². The van der Waals surface area contributed by atoms with E-state index in [0.29, 0.717) is 24.2 Å². The van der Waals surface area contributed by atoms with E-state index >= 15 is 0 Å². The highest BCUT2D eigenvalue weighted by molar-refractivity contribution is 7.13. The Balaban J connectivity index is 1.52. The van der Waals surface area contributed by atoms with Crippen LogP contribution in [0.15, 0.2) is 35.7 Å². The Labute approximate surface area is 175 Å². The van der Waals surface area contributed by atoms with Gasteiger partial charge in [0.25, 0.3) is 5.91 Å². The first kappa shape index (κ1) is 20.0. The van der Waals surface area contributed by atoms with Crippen LogP contribution in [-0.4, -0.2) is 65.5 Å². The van der Waals surface area contributed by atoms with E-state index in [4.69, 9.17) is 9.84 Å². The lowest BCUT2D eigenvalue weighted by atomic mass is 10.1. The molecule has 0 bridgehead atoms. The smallest absolute Gasteiger partial charge is 0.329 e. The van der Waals surface area contributed by atoms with E-state index in [0.717, 1.165) is 10.4 Å². The SMILES string of the molecule is O=C(O)COCC(=O)NC1CCN2C(=O)c3cc(-c4cccs4)ccc3NC(=O)C12. The molecule has 2 aliphatic rings. The molecule has 1 aromatic heterocycles. The van der Waals surface area contributed by atoms with Crippen LogP contribution in [0.3, 0.4) is 0 Å². The van der Waals surface area contributed by atoms with Gasteiger partial charge in [-0.1, -0.05) is 12.1 Å². The zero-order valence-electron chi connectivity index (χ0n) is 15.8. The van der Waals surface area contributed by atoms with Crippen molar-refractivity contribution in [3.63, 3.8) is 0 Å². The molecular weight excluding hydrogens is 410 g/mol. The first-order valence-electron chi connectivity index (χ1n) is 9.32. The second kappa shape index (κ2) is 8.25. The number of hydrogen-bond donors (Lipinski definition) is 3. The summed E-state index contributed by atoms with van der Waals surface area (Å²) in [6.45, 7) is -0.704. The summed E-state index contributed by atoms with van der Waals surface area (Å²) in [7, 11) is 0. The number of nitrogens with zero attached hydrogens (tertiary/aromatic N) is 1. The van der Waals surface area contributed by atoms with E-state index in [-0.39, 0.29) is 11.8 Å². The topological polar surface area (TPSA) is 125 Å². The van der Waals surface area contributed by atoms with Crippen molar-refractivity contribution in [2.75, 3.05) is 25.1 Å². The standard InChI is InChI=1S/C20H19N3O6S/c24-16(9-29-10-17(25)26)21-14-5-6-23-18(14)19(27)22-13-4-3-11(8-12(13)20(23)28)15-2-1-7-30-15/h1-4,7-8,14,18H,5-6,9-10H2,(H,21,24)(H,22,27)(H,25,26). The Hall–Kier alpha value is -3.24. The number of aliphatic carboxylic acids is 1. The van der Waals surface area contributed by atoms with Crippen molar-refractivity contribution in [2.24, 2.45) is 0 Å². The molecule has 30 heavy (non-hydrogen) atoms. The molecule has 0 radical (unpaired) electrons. The molecule has 3 N–H and O–H groups in total. The summed E-state index contributed by atoms with van der Waals surface area (Å²) in [6, 6.07) is 7.81. The van der Waals surface area contributed by atoms with Gasteiger partial charge in [-0.05, 0) is 35.6 Å². The summed E-state index contributed by atoms with van der Waals surface area (Å²) in [5, 5.41) is 16.0. The Kier molecular flexibility index (Phi) is 5.51. The molecule has 2 aliphatic heterocycles. The van der Waals surface area contributed by atoms with Gasteiger partial charge in [-0.2, -0.15) is 0 Å². The molecule has 2 aromatic rings. The molecule has 0 aliphatic carbocycles. The largest absolute Gasteiger partial charge is 0.480 e. The fourth-order valence-electron chi connectivity index (χ4n) is 3.76. The van der Waals surface area contributed by atoms with Gasteiger partial charge >= 0.3 is 5.97 Å². The highest BCUT2D eigenvalue weighted by Gasteiger charge is 2.45. The molecule has 1 aromatic carbocycles. The molecule has 4 rings (SSSR count). The molecule has 156 valence electrons. The van der Waals surface area contributed by atoms with Gasteiger partial charge in [0, 0.05) is 11.4 Å². The third-order valence-corrected chi connectivity index (χ3v) is 5.96. The van der Waals surface area contributed by atoms with Crippen molar-refractivity contribution in [3.8, 4) is 10.4 Å². The van der Waals surface area contributed by atoms with Crippen molar-refractivity contribution in [3.05, 3.63) is 41.3 Å². The molecule has 3 heterocycles. The number of benzene rings is 1. The van der Waals surface area contributed by atoms with Crippen molar-refractivity contribution in [1.29, 1.82) is 0 Å².